The molecular weight excluding hydrogens is 321 g/mol. The quantitative estimate of drug-likeness (QED) is 0.879. The first kappa shape index (κ1) is 18.0. The van der Waals surface area contributed by atoms with Gasteiger partial charge in [0.05, 0.1) is 37.0 Å². The molecule has 1 aromatic heterocycles. The van der Waals surface area contributed by atoms with Crippen LogP contribution in [0.15, 0.2) is 36.7 Å². The highest BCUT2D eigenvalue weighted by molar-refractivity contribution is 5.78. The Hall–Kier alpha value is -2.38. The summed E-state index contributed by atoms with van der Waals surface area (Å²) in [7, 11) is 0. The molecule has 2 aromatic rings. The fourth-order valence-corrected chi connectivity index (χ4v) is 2.19. The van der Waals surface area contributed by atoms with Gasteiger partial charge < -0.3 is 5.32 Å². The lowest BCUT2D eigenvalue weighted by atomic mass is 10.0. The summed E-state index contributed by atoms with van der Waals surface area (Å²) < 4.78 is 37.6. The van der Waals surface area contributed by atoms with E-state index in [2.05, 4.69) is 15.5 Å². The highest BCUT2D eigenvalue weighted by Gasteiger charge is 2.30. The van der Waals surface area contributed by atoms with Gasteiger partial charge in [0.15, 0.2) is 0 Å². The van der Waals surface area contributed by atoms with Crippen molar-refractivity contribution in [3.05, 3.63) is 47.8 Å². The Morgan fingerprint density at radius 3 is 2.25 bits per heavy atom. The maximum atomic E-state index is 12.5. The normalized spacial score (nSPS) is 13.1. The lowest BCUT2D eigenvalue weighted by Crippen LogP contribution is -2.42. The van der Waals surface area contributed by atoms with E-state index in [9.17, 15) is 18.0 Å². The summed E-state index contributed by atoms with van der Waals surface area (Å²) in [5.41, 5.74) is -0.198. The van der Waals surface area contributed by atoms with Gasteiger partial charge in [-0.15, -0.1) is 0 Å². The molecule has 0 radical (unpaired) electrons. The molecule has 0 unspecified atom stereocenters. The fourth-order valence-electron chi connectivity index (χ4n) is 2.19. The van der Waals surface area contributed by atoms with Gasteiger partial charge in [-0.1, -0.05) is 26.0 Å². The van der Waals surface area contributed by atoms with E-state index in [0.717, 1.165) is 12.1 Å². The summed E-state index contributed by atoms with van der Waals surface area (Å²) in [4.78, 5) is 13.6. The Bertz CT molecular complexity index is 651. The minimum Gasteiger partial charge on any atom is -0.351 e. The van der Waals surface area contributed by atoms with E-state index in [1.165, 1.54) is 16.9 Å². The molecule has 0 saturated carbocycles. The van der Waals surface area contributed by atoms with Crippen molar-refractivity contribution in [1.29, 1.82) is 0 Å². The number of benzene rings is 1. The van der Waals surface area contributed by atoms with Gasteiger partial charge in [-0.05, 0) is 23.6 Å². The monoisotopic (exact) mass is 340 g/mol. The molecule has 1 amide bonds. The first-order valence-electron chi connectivity index (χ1n) is 7.55. The molecule has 0 aliphatic carbocycles. The van der Waals surface area contributed by atoms with Crippen LogP contribution in [0.3, 0.4) is 0 Å². The lowest BCUT2D eigenvalue weighted by molar-refractivity contribution is -0.137. The maximum absolute atomic E-state index is 12.5. The Morgan fingerprint density at radius 1 is 1.17 bits per heavy atom. The number of aromatic nitrogens is 3. The number of rotatable bonds is 6. The van der Waals surface area contributed by atoms with Gasteiger partial charge in [0.25, 0.3) is 0 Å². The van der Waals surface area contributed by atoms with Crippen molar-refractivity contribution in [2.24, 2.45) is 5.92 Å². The van der Waals surface area contributed by atoms with Gasteiger partial charge in [0, 0.05) is 0 Å². The molecule has 0 bridgehead atoms. The van der Waals surface area contributed by atoms with E-state index < -0.39 is 11.7 Å². The zero-order chi connectivity index (χ0) is 17.7. The summed E-state index contributed by atoms with van der Waals surface area (Å²) >= 11 is 0. The van der Waals surface area contributed by atoms with Crippen LogP contribution in [0, 0.1) is 5.92 Å². The van der Waals surface area contributed by atoms with E-state index in [-0.39, 0.29) is 24.3 Å². The van der Waals surface area contributed by atoms with Crippen LogP contribution >= 0.6 is 0 Å². The number of amides is 1. The fraction of sp³-hybridized carbons (Fsp3) is 0.438. The van der Waals surface area contributed by atoms with Crippen LogP contribution in [0.25, 0.3) is 0 Å². The maximum Gasteiger partial charge on any atom is 0.416 e. The second kappa shape index (κ2) is 7.46. The van der Waals surface area contributed by atoms with Crippen LogP contribution in [0.4, 0.5) is 13.2 Å². The first-order valence-corrected chi connectivity index (χ1v) is 7.55. The summed E-state index contributed by atoms with van der Waals surface area (Å²) in [6, 6.07) is 4.44. The van der Waals surface area contributed by atoms with E-state index in [1.54, 1.807) is 12.4 Å². The van der Waals surface area contributed by atoms with Crippen LogP contribution in [-0.4, -0.2) is 26.9 Å². The molecule has 5 nitrogen and oxygen atoms in total. The number of halogens is 3. The van der Waals surface area contributed by atoms with Gasteiger partial charge in [-0.25, -0.2) is 0 Å². The number of nitrogens with one attached hydrogen (secondary N) is 1. The standard InChI is InChI=1S/C16H19F3N4O/c1-11(2)14(10-23-20-7-8-21-23)22-15(24)9-12-3-5-13(6-4-12)16(17,18)19/h3-8,11,14H,9-10H2,1-2H3,(H,22,24)/t14-/m1/s1. The van der Waals surface area contributed by atoms with Crippen LogP contribution < -0.4 is 5.32 Å². The Kier molecular flexibility index (Phi) is 5.58. The van der Waals surface area contributed by atoms with Crippen molar-refractivity contribution in [3.8, 4) is 0 Å². The average molecular weight is 340 g/mol. The number of hydrogen-bond acceptors (Lipinski definition) is 3. The molecule has 0 fully saturated rings. The molecule has 130 valence electrons. The highest BCUT2D eigenvalue weighted by atomic mass is 19.4. The smallest absolute Gasteiger partial charge is 0.351 e. The summed E-state index contributed by atoms with van der Waals surface area (Å²) in [5, 5.41) is 10.9. The summed E-state index contributed by atoms with van der Waals surface area (Å²) in [5.74, 6) is -0.0897. The molecule has 0 saturated heterocycles. The minimum absolute atomic E-state index is 0.0217. The number of carbonyl (C=O) groups excluding carboxylic acids is 1. The van der Waals surface area contributed by atoms with Crippen LogP contribution in [-0.2, 0) is 23.9 Å². The van der Waals surface area contributed by atoms with Gasteiger partial charge in [0.2, 0.25) is 5.91 Å². The van der Waals surface area contributed by atoms with Crippen molar-refractivity contribution in [3.63, 3.8) is 0 Å². The van der Waals surface area contributed by atoms with Crippen molar-refractivity contribution in [1.82, 2.24) is 20.3 Å². The molecule has 1 aromatic carbocycles. The van der Waals surface area contributed by atoms with Crippen molar-refractivity contribution >= 4 is 5.91 Å². The van der Waals surface area contributed by atoms with Gasteiger partial charge >= 0.3 is 6.18 Å². The predicted octanol–water partition coefficient (Wildman–Crippen LogP) is 2.68. The Labute approximate surface area is 137 Å². The zero-order valence-electron chi connectivity index (χ0n) is 13.4. The first-order chi connectivity index (χ1) is 11.3. The molecular formula is C16H19F3N4O. The zero-order valence-corrected chi connectivity index (χ0v) is 13.4. The second-order valence-corrected chi connectivity index (χ2v) is 5.87. The van der Waals surface area contributed by atoms with Gasteiger partial charge in [-0.3, -0.25) is 4.79 Å². The molecule has 24 heavy (non-hydrogen) atoms. The van der Waals surface area contributed by atoms with E-state index >= 15 is 0 Å². The number of hydrogen-bond donors (Lipinski definition) is 1. The SMILES string of the molecule is CC(C)[C@@H](Cn1nccn1)NC(=O)Cc1ccc(C(F)(F)F)cc1. The molecule has 1 heterocycles. The third-order valence-corrected chi connectivity index (χ3v) is 3.62. The van der Waals surface area contributed by atoms with E-state index in [0.29, 0.717) is 12.1 Å². The largest absolute Gasteiger partial charge is 0.416 e. The third kappa shape index (κ3) is 5.07. The minimum atomic E-state index is -4.37. The topological polar surface area (TPSA) is 59.8 Å². The van der Waals surface area contributed by atoms with Crippen molar-refractivity contribution < 1.29 is 18.0 Å². The molecule has 0 spiro atoms. The molecule has 1 atom stereocenters. The summed E-state index contributed by atoms with van der Waals surface area (Å²) in [6.45, 7) is 4.36. The summed E-state index contributed by atoms with van der Waals surface area (Å²) in [6.07, 6.45) is -1.24. The van der Waals surface area contributed by atoms with Crippen molar-refractivity contribution in [2.75, 3.05) is 0 Å². The third-order valence-electron chi connectivity index (χ3n) is 3.62. The van der Waals surface area contributed by atoms with Crippen molar-refractivity contribution in [2.45, 2.75) is 39.0 Å². The Morgan fingerprint density at radius 2 is 1.75 bits per heavy atom. The molecule has 8 heteroatoms. The highest BCUT2D eigenvalue weighted by Crippen LogP contribution is 2.29. The number of nitrogens with zero attached hydrogens (tertiary/aromatic N) is 3. The average Bonchev–Trinajstić information content (AvgIpc) is 2.99. The number of alkyl halides is 3. The molecule has 1 N–H and O–H groups in total. The molecule has 0 aliphatic heterocycles. The van der Waals surface area contributed by atoms with Crippen LogP contribution in [0.1, 0.15) is 25.0 Å². The second-order valence-electron chi connectivity index (χ2n) is 5.87. The van der Waals surface area contributed by atoms with Crippen LogP contribution in [0.5, 0.6) is 0 Å². The van der Waals surface area contributed by atoms with Crippen LogP contribution in [0.2, 0.25) is 0 Å². The van der Waals surface area contributed by atoms with E-state index in [4.69, 9.17) is 0 Å². The predicted molar refractivity (Wildman–Crippen MR) is 81.9 cm³/mol. The van der Waals surface area contributed by atoms with E-state index in [1.807, 2.05) is 13.8 Å². The Balaban J connectivity index is 1.95. The van der Waals surface area contributed by atoms with Gasteiger partial charge in [-0.2, -0.15) is 28.2 Å². The lowest BCUT2D eigenvalue weighted by Gasteiger charge is -2.22. The van der Waals surface area contributed by atoms with Gasteiger partial charge in [0.1, 0.15) is 0 Å². The number of carbonyl (C=O) groups is 1. The molecule has 2 rings (SSSR count). The molecule has 0 aliphatic rings.